The first kappa shape index (κ1) is 20.2. The Morgan fingerprint density at radius 3 is 2.54 bits per heavy atom. The minimum atomic E-state index is -0.213. The molecule has 0 aliphatic rings. The van der Waals surface area contributed by atoms with Gasteiger partial charge >= 0.3 is 0 Å². The summed E-state index contributed by atoms with van der Waals surface area (Å²) in [6.45, 7) is 5.91. The van der Waals surface area contributed by atoms with Crippen LogP contribution in [0.4, 0.5) is 0 Å². The fraction of sp³-hybridized carbons (Fsp3) is 0.450. The molecule has 0 aliphatic carbocycles. The van der Waals surface area contributed by atoms with Crippen LogP contribution in [0.15, 0.2) is 35.1 Å². The van der Waals surface area contributed by atoms with Gasteiger partial charge in [-0.3, -0.25) is 14.2 Å². The van der Waals surface area contributed by atoms with E-state index in [2.05, 4.69) is 17.2 Å². The Balaban J connectivity index is 2.37. The molecule has 26 heavy (non-hydrogen) atoms. The highest BCUT2D eigenvalue weighted by molar-refractivity contribution is 6.30. The summed E-state index contributed by atoms with van der Waals surface area (Å²) in [5.74, 6) is 0.467. The maximum absolute atomic E-state index is 12.7. The van der Waals surface area contributed by atoms with E-state index in [-0.39, 0.29) is 24.1 Å². The van der Waals surface area contributed by atoms with Crippen LogP contribution in [0.1, 0.15) is 45.9 Å². The second kappa shape index (κ2) is 9.53. The number of hydrogen-bond donors (Lipinski definition) is 1. The molecular weight excluding hydrogens is 350 g/mol. The lowest BCUT2D eigenvalue weighted by Gasteiger charge is -2.15. The smallest absolute Gasteiger partial charge is 0.254 e. The second-order valence-electron chi connectivity index (χ2n) is 6.67. The Morgan fingerprint density at radius 2 is 1.92 bits per heavy atom. The minimum absolute atomic E-state index is 0.00757. The molecule has 0 bridgehead atoms. The monoisotopic (exact) mass is 375 g/mol. The largest absolute Gasteiger partial charge is 0.352 e. The van der Waals surface area contributed by atoms with Gasteiger partial charge < -0.3 is 5.32 Å². The molecule has 1 amide bonds. The summed E-state index contributed by atoms with van der Waals surface area (Å²) in [7, 11) is 0. The van der Waals surface area contributed by atoms with Gasteiger partial charge in [0.05, 0.1) is 5.69 Å². The molecule has 0 atom stereocenters. The van der Waals surface area contributed by atoms with Crippen LogP contribution in [0, 0.1) is 0 Å². The predicted molar refractivity (Wildman–Crippen MR) is 105 cm³/mol. The zero-order valence-electron chi connectivity index (χ0n) is 15.6. The number of carbonyl (C=O) groups excluding carboxylic acids is 1. The van der Waals surface area contributed by atoms with E-state index in [1.807, 2.05) is 26.0 Å². The van der Waals surface area contributed by atoms with Gasteiger partial charge in [0, 0.05) is 29.1 Å². The molecule has 1 aromatic heterocycles. The molecule has 1 aromatic carbocycles. The molecule has 0 radical (unpaired) electrons. The highest BCUT2D eigenvalue weighted by Crippen LogP contribution is 2.19. The van der Waals surface area contributed by atoms with Crippen LogP contribution < -0.4 is 10.9 Å². The van der Waals surface area contributed by atoms with Gasteiger partial charge in [-0.15, -0.1) is 0 Å². The van der Waals surface area contributed by atoms with E-state index >= 15 is 0 Å². The Hall–Kier alpha value is -2.14. The summed E-state index contributed by atoms with van der Waals surface area (Å²) in [6.07, 6.45) is 3.73. The van der Waals surface area contributed by atoms with E-state index < -0.39 is 0 Å². The number of nitrogens with zero attached hydrogens (tertiary/aromatic N) is 2. The predicted octanol–water partition coefficient (Wildman–Crippen LogP) is 3.82. The van der Waals surface area contributed by atoms with Crippen molar-refractivity contribution >= 4 is 17.5 Å². The van der Waals surface area contributed by atoms with Gasteiger partial charge in [-0.2, -0.15) is 0 Å². The van der Waals surface area contributed by atoms with Gasteiger partial charge in [0.2, 0.25) is 5.91 Å². The van der Waals surface area contributed by atoms with Crippen molar-refractivity contribution in [2.24, 2.45) is 0 Å². The Bertz CT molecular complexity index is 798. The molecule has 140 valence electrons. The first-order valence-corrected chi connectivity index (χ1v) is 9.44. The average molecular weight is 376 g/mol. The minimum Gasteiger partial charge on any atom is -0.352 e. The van der Waals surface area contributed by atoms with Crippen molar-refractivity contribution in [3.05, 3.63) is 51.5 Å². The quantitative estimate of drug-likeness (QED) is 0.713. The van der Waals surface area contributed by atoms with Gasteiger partial charge in [-0.1, -0.05) is 43.5 Å². The van der Waals surface area contributed by atoms with Crippen LogP contribution in [0.5, 0.6) is 0 Å². The molecule has 5 nitrogen and oxygen atoms in total. The van der Waals surface area contributed by atoms with E-state index in [9.17, 15) is 9.59 Å². The molecule has 0 saturated carbocycles. The Morgan fingerprint density at radius 1 is 1.23 bits per heavy atom. The van der Waals surface area contributed by atoms with Crippen molar-refractivity contribution in [3.63, 3.8) is 0 Å². The van der Waals surface area contributed by atoms with Crippen LogP contribution in [-0.4, -0.2) is 21.5 Å². The SMILES string of the molecule is CCCCCc1nc(-c2ccc(Cl)cc2)cc(=O)n1CC(=O)NC(C)C. The molecule has 2 aromatic rings. The van der Waals surface area contributed by atoms with Crippen LogP contribution in [0.3, 0.4) is 0 Å². The van der Waals surface area contributed by atoms with Crippen molar-refractivity contribution in [1.82, 2.24) is 14.9 Å². The van der Waals surface area contributed by atoms with Crippen molar-refractivity contribution in [2.75, 3.05) is 0 Å². The van der Waals surface area contributed by atoms with Crippen LogP contribution in [-0.2, 0) is 17.8 Å². The molecule has 1 heterocycles. The fourth-order valence-electron chi connectivity index (χ4n) is 2.73. The van der Waals surface area contributed by atoms with Gasteiger partial charge in [-0.05, 0) is 32.4 Å². The molecule has 0 aliphatic heterocycles. The zero-order valence-corrected chi connectivity index (χ0v) is 16.3. The standard InChI is InChI=1S/C20H26ClN3O2/c1-4-5-6-7-18-23-17(15-8-10-16(21)11-9-15)12-20(26)24(18)13-19(25)22-14(2)3/h8-12,14H,4-7,13H2,1-3H3,(H,22,25). The summed E-state index contributed by atoms with van der Waals surface area (Å²) in [4.78, 5) is 29.5. The number of aromatic nitrogens is 2. The summed E-state index contributed by atoms with van der Waals surface area (Å²) >= 11 is 5.94. The van der Waals surface area contributed by atoms with Crippen LogP contribution in [0.2, 0.25) is 5.02 Å². The number of carbonyl (C=O) groups is 1. The number of rotatable bonds is 8. The lowest BCUT2D eigenvalue weighted by molar-refractivity contribution is -0.122. The summed E-state index contributed by atoms with van der Waals surface area (Å²) in [5, 5.41) is 3.46. The van der Waals surface area contributed by atoms with Gasteiger partial charge in [0.25, 0.3) is 5.56 Å². The lowest BCUT2D eigenvalue weighted by atomic mass is 10.1. The first-order chi connectivity index (χ1) is 12.4. The Kier molecular flexibility index (Phi) is 7.39. The zero-order chi connectivity index (χ0) is 19.1. The number of hydrogen-bond acceptors (Lipinski definition) is 3. The molecule has 0 unspecified atom stereocenters. The van der Waals surface area contributed by atoms with Crippen molar-refractivity contribution < 1.29 is 4.79 Å². The van der Waals surface area contributed by atoms with Gasteiger partial charge in [0.15, 0.2) is 0 Å². The van der Waals surface area contributed by atoms with Crippen molar-refractivity contribution in [3.8, 4) is 11.3 Å². The number of nitrogens with one attached hydrogen (secondary N) is 1. The van der Waals surface area contributed by atoms with Crippen LogP contribution in [0.25, 0.3) is 11.3 Å². The number of aryl methyl sites for hydroxylation is 1. The van der Waals surface area contributed by atoms with Gasteiger partial charge in [-0.25, -0.2) is 4.98 Å². The normalized spacial score (nSPS) is 11.0. The Labute approximate surface area is 159 Å². The molecule has 0 spiro atoms. The second-order valence-corrected chi connectivity index (χ2v) is 7.10. The summed E-state index contributed by atoms with van der Waals surface area (Å²) in [6, 6.07) is 8.75. The van der Waals surface area contributed by atoms with E-state index in [1.54, 1.807) is 12.1 Å². The third-order valence-electron chi connectivity index (χ3n) is 3.98. The van der Waals surface area contributed by atoms with E-state index in [1.165, 1.54) is 10.6 Å². The molecule has 1 N–H and O–H groups in total. The average Bonchev–Trinajstić information content (AvgIpc) is 2.57. The molecule has 2 rings (SSSR count). The number of halogens is 1. The topological polar surface area (TPSA) is 64.0 Å². The lowest BCUT2D eigenvalue weighted by Crippen LogP contribution is -2.37. The summed E-state index contributed by atoms with van der Waals surface area (Å²) < 4.78 is 1.48. The highest BCUT2D eigenvalue weighted by Gasteiger charge is 2.13. The third-order valence-corrected chi connectivity index (χ3v) is 4.23. The van der Waals surface area contributed by atoms with E-state index in [0.717, 1.165) is 24.8 Å². The first-order valence-electron chi connectivity index (χ1n) is 9.06. The maximum Gasteiger partial charge on any atom is 0.254 e. The number of unbranched alkanes of at least 4 members (excludes halogenated alkanes) is 2. The van der Waals surface area contributed by atoms with Crippen molar-refractivity contribution in [2.45, 2.75) is 59.0 Å². The number of benzene rings is 1. The molecule has 0 saturated heterocycles. The highest BCUT2D eigenvalue weighted by atomic mass is 35.5. The van der Waals surface area contributed by atoms with Crippen LogP contribution >= 0.6 is 11.6 Å². The van der Waals surface area contributed by atoms with Crippen molar-refractivity contribution in [1.29, 1.82) is 0 Å². The maximum atomic E-state index is 12.7. The van der Waals surface area contributed by atoms with E-state index in [0.29, 0.717) is 23.0 Å². The van der Waals surface area contributed by atoms with Gasteiger partial charge in [0.1, 0.15) is 12.4 Å². The van der Waals surface area contributed by atoms with E-state index in [4.69, 9.17) is 11.6 Å². The molecule has 6 heteroatoms. The third kappa shape index (κ3) is 5.70. The molecular formula is C20H26ClN3O2. The fourth-order valence-corrected chi connectivity index (χ4v) is 2.85. The molecule has 0 fully saturated rings. The summed E-state index contributed by atoms with van der Waals surface area (Å²) in [5.41, 5.74) is 1.23. The number of amides is 1.